The molecule has 1 aromatic heterocycles. The molecule has 1 unspecified atom stereocenters. The second kappa shape index (κ2) is 4.89. The van der Waals surface area contributed by atoms with Crippen molar-refractivity contribution < 1.29 is 14.6 Å². The number of aliphatic carboxylic acids is 1. The number of aryl methyl sites for hydroxylation is 1. The molecule has 0 aliphatic carbocycles. The fourth-order valence-corrected chi connectivity index (χ4v) is 2.30. The molecule has 0 amide bonds. The number of rotatable bonds is 3. The normalized spacial score (nSPS) is 16.7. The van der Waals surface area contributed by atoms with Crippen LogP contribution in [0.5, 0.6) is 5.75 Å². The Bertz CT molecular complexity index is 737. The quantitative estimate of drug-likeness (QED) is 0.867. The Hall–Kier alpha value is -2.90. The summed E-state index contributed by atoms with van der Waals surface area (Å²) in [6.45, 7) is 1.92. The van der Waals surface area contributed by atoms with E-state index in [1.54, 1.807) is 13.2 Å². The average molecular weight is 287 g/mol. The lowest BCUT2D eigenvalue weighted by Gasteiger charge is -2.22. The second-order valence-corrected chi connectivity index (χ2v) is 4.63. The van der Waals surface area contributed by atoms with Crippen LogP contribution in [0, 0.1) is 6.92 Å². The van der Waals surface area contributed by atoms with Gasteiger partial charge < -0.3 is 15.2 Å². The minimum absolute atomic E-state index is 0.0516. The molecule has 2 heterocycles. The molecular weight excluding hydrogens is 274 g/mol. The van der Waals surface area contributed by atoms with Gasteiger partial charge in [-0.1, -0.05) is 11.2 Å². The fraction of sp³-hybridized carbons (Fsp3) is 0.231. The summed E-state index contributed by atoms with van der Waals surface area (Å²) in [7, 11) is 1.61. The van der Waals surface area contributed by atoms with E-state index in [4.69, 9.17) is 4.74 Å². The van der Waals surface area contributed by atoms with Gasteiger partial charge in [-0.25, -0.2) is 4.79 Å². The number of hydrogen-bond donors (Lipinski definition) is 2. The first-order valence-electron chi connectivity index (χ1n) is 6.24. The van der Waals surface area contributed by atoms with E-state index in [0.29, 0.717) is 5.95 Å². The number of carboxylic acids is 1. The summed E-state index contributed by atoms with van der Waals surface area (Å²) in [5.74, 6) is 0.0138. The number of nitrogens with zero attached hydrogens (tertiary/aromatic N) is 4. The zero-order chi connectivity index (χ0) is 15.0. The van der Waals surface area contributed by atoms with E-state index in [0.717, 1.165) is 16.9 Å². The molecule has 3 rings (SSSR count). The molecule has 108 valence electrons. The van der Waals surface area contributed by atoms with Crippen LogP contribution >= 0.6 is 0 Å². The summed E-state index contributed by atoms with van der Waals surface area (Å²) in [4.78, 5) is 11.2. The Labute approximate surface area is 120 Å². The van der Waals surface area contributed by atoms with Gasteiger partial charge in [0.15, 0.2) is 0 Å². The maximum Gasteiger partial charge on any atom is 0.352 e. The van der Waals surface area contributed by atoms with Crippen molar-refractivity contribution >= 4 is 11.9 Å². The van der Waals surface area contributed by atoms with E-state index in [1.165, 1.54) is 4.68 Å². The molecule has 1 aliphatic heterocycles. The van der Waals surface area contributed by atoms with E-state index in [-0.39, 0.29) is 11.7 Å². The Morgan fingerprint density at radius 2 is 2.29 bits per heavy atom. The van der Waals surface area contributed by atoms with Crippen LogP contribution in [0.15, 0.2) is 30.0 Å². The van der Waals surface area contributed by atoms with E-state index >= 15 is 0 Å². The number of carboxylic acid groups (broad SMARTS) is 1. The van der Waals surface area contributed by atoms with Gasteiger partial charge in [0.2, 0.25) is 5.95 Å². The molecule has 21 heavy (non-hydrogen) atoms. The van der Waals surface area contributed by atoms with Crippen molar-refractivity contribution in [2.75, 3.05) is 12.4 Å². The van der Waals surface area contributed by atoms with Gasteiger partial charge in [0, 0.05) is 0 Å². The lowest BCUT2D eigenvalue weighted by atomic mass is 10.0. The fourth-order valence-electron chi connectivity index (χ4n) is 2.30. The van der Waals surface area contributed by atoms with Crippen LogP contribution < -0.4 is 10.1 Å². The minimum Gasteiger partial charge on any atom is -0.496 e. The van der Waals surface area contributed by atoms with Crippen molar-refractivity contribution in [1.29, 1.82) is 0 Å². The highest BCUT2D eigenvalue weighted by atomic mass is 16.5. The molecule has 0 radical (unpaired) electrons. The molecule has 0 fully saturated rings. The molecule has 0 saturated carbocycles. The standard InChI is InChI=1S/C13H13N5O3/c1-7-5-8(3-4-11(7)21-2)10-6-9(12(19)20)14-13-15-16-17-18(10)13/h3-6,10H,1-2H3,(H,19,20)(H,14,15,17). The number of benzene rings is 1. The van der Waals surface area contributed by atoms with Gasteiger partial charge in [-0.3, -0.25) is 0 Å². The van der Waals surface area contributed by atoms with Crippen molar-refractivity contribution in [3.05, 3.63) is 41.1 Å². The highest BCUT2D eigenvalue weighted by Crippen LogP contribution is 2.30. The lowest BCUT2D eigenvalue weighted by molar-refractivity contribution is -0.132. The largest absolute Gasteiger partial charge is 0.496 e. The molecular formula is C13H13N5O3. The smallest absolute Gasteiger partial charge is 0.352 e. The number of fused-ring (bicyclic) bond motifs is 1. The predicted octanol–water partition coefficient (Wildman–Crippen LogP) is 0.974. The third-order valence-electron chi connectivity index (χ3n) is 3.32. The Morgan fingerprint density at radius 1 is 1.48 bits per heavy atom. The average Bonchev–Trinajstić information content (AvgIpc) is 2.94. The highest BCUT2D eigenvalue weighted by molar-refractivity contribution is 5.90. The van der Waals surface area contributed by atoms with Gasteiger partial charge in [-0.2, -0.15) is 4.68 Å². The van der Waals surface area contributed by atoms with Crippen LogP contribution in [0.25, 0.3) is 0 Å². The molecule has 0 bridgehead atoms. The molecule has 1 aromatic carbocycles. The van der Waals surface area contributed by atoms with Crippen molar-refractivity contribution in [1.82, 2.24) is 20.2 Å². The molecule has 8 nitrogen and oxygen atoms in total. The number of aromatic nitrogens is 4. The van der Waals surface area contributed by atoms with Gasteiger partial charge in [0.25, 0.3) is 0 Å². The van der Waals surface area contributed by atoms with Crippen LogP contribution in [-0.2, 0) is 4.79 Å². The summed E-state index contributed by atoms with van der Waals surface area (Å²) in [6, 6.07) is 5.25. The summed E-state index contributed by atoms with van der Waals surface area (Å²) < 4.78 is 6.77. The van der Waals surface area contributed by atoms with Crippen LogP contribution in [-0.4, -0.2) is 38.4 Å². The first kappa shape index (κ1) is 13.1. The van der Waals surface area contributed by atoms with Crippen LogP contribution in [0.1, 0.15) is 17.2 Å². The number of allylic oxidation sites excluding steroid dienone is 1. The highest BCUT2D eigenvalue weighted by Gasteiger charge is 2.26. The lowest BCUT2D eigenvalue weighted by Crippen LogP contribution is -2.24. The van der Waals surface area contributed by atoms with E-state index in [9.17, 15) is 9.90 Å². The van der Waals surface area contributed by atoms with Crippen LogP contribution in [0.4, 0.5) is 5.95 Å². The SMILES string of the molecule is COc1ccc(C2C=C(C(=O)O)Nc3nnnn32)cc1C. The molecule has 2 aromatic rings. The predicted molar refractivity (Wildman–Crippen MR) is 73.0 cm³/mol. The Kier molecular flexibility index (Phi) is 3.05. The van der Waals surface area contributed by atoms with Gasteiger partial charge in [0.05, 0.1) is 7.11 Å². The number of tetrazole rings is 1. The van der Waals surface area contributed by atoms with Gasteiger partial charge in [-0.05, 0) is 46.7 Å². The van der Waals surface area contributed by atoms with Gasteiger partial charge >= 0.3 is 5.97 Å². The molecule has 8 heteroatoms. The zero-order valence-corrected chi connectivity index (χ0v) is 11.4. The number of nitrogens with one attached hydrogen (secondary N) is 1. The Morgan fingerprint density at radius 3 is 2.95 bits per heavy atom. The Balaban J connectivity index is 2.08. The minimum atomic E-state index is -1.06. The maximum atomic E-state index is 11.2. The summed E-state index contributed by atoms with van der Waals surface area (Å²) in [6.07, 6.45) is 1.58. The van der Waals surface area contributed by atoms with Crippen molar-refractivity contribution in [3.8, 4) is 5.75 Å². The molecule has 1 atom stereocenters. The number of hydrogen-bond acceptors (Lipinski definition) is 6. The second-order valence-electron chi connectivity index (χ2n) is 4.63. The number of methoxy groups -OCH3 is 1. The van der Waals surface area contributed by atoms with Gasteiger partial charge in [0.1, 0.15) is 17.5 Å². The van der Waals surface area contributed by atoms with E-state index < -0.39 is 5.97 Å². The summed E-state index contributed by atoms with van der Waals surface area (Å²) in [5.41, 5.74) is 1.88. The maximum absolute atomic E-state index is 11.2. The number of ether oxygens (including phenoxy) is 1. The summed E-state index contributed by atoms with van der Waals surface area (Å²) >= 11 is 0. The molecule has 1 aliphatic rings. The van der Waals surface area contributed by atoms with Crippen LogP contribution in [0.2, 0.25) is 0 Å². The zero-order valence-electron chi connectivity index (χ0n) is 11.4. The monoisotopic (exact) mass is 287 g/mol. The van der Waals surface area contributed by atoms with Gasteiger partial charge in [-0.15, -0.1) is 0 Å². The molecule has 0 spiro atoms. The number of carbonyl (C=O) groups is 1. The molecule has 2 N–H and O–H groups in total. The van der Waals surface area contributed by atoms with Crippen molar-refractivity contribution in [3.63, 3.8) is 0 Å². The first-order valence-corrected chi connectivity index (χ1v) is 6.24. The third-order valence-corrected chi connectivity index (χ3v) is 3.32. The van der Waals surface area contributed by atoms with E-state index in [2.05, 4.69) is 20.8 Å². The first-order chi connectivity index (χ1) is 10.1. The van der Waals surface area contributed by atoms with E-state index in [1.807, 2.05) is 25.1 Å². The molecule has 0 saturated heterocycles. The summed E-state index contributed by atoms with van der Waals surface area (Å²) in [5, 5.41) is 23.1. The third kappa shape index (κ3) is 2.20. The van der Waals surface area contributed by atoms with Crippen LogP contribution in [0.3, 0.4) is 0 Å². The van der Waals surface area contributed by atoms with Crippen molar-refractivity contribution in [2.24, 2.45) is 0 Å². The number of anilines is 1. The topological polar surface area (TPSA) is 102 Å². The van der Waals surface area contributed by atoms with Crippen molar-refractivity contribution in [2.45, 2.75) is 13.0 Å².